The van der Waals surface area contributed by atoms with Crippen molar-refractivity contribution in [2.75, 3.05) is 13.7 Å². The average Bonchev–Trinajstić information content (AvgIpc) is 3.31. The minimum Gasteiger partial charge on any atom is -0.497 e. The van der Waals surface area contributed by atoms with Crippen LogP contribution in [0.5, 0.6) is 5.75 Å². The summed E-state index contributed by atoms with van der Waals surface area (Å²) in [5, 5.41) is 3.85. The van der Waals surface area contributed by atoms with Gasteiger partial charge in [-0.3, -0.25) is 4.79 Å². The molecule has 0 bridgehead atoms. The molecule has 1 fully saturated rings. The molecule has 24 heavy (non-hydrogen) atoms. The minimum absolute atomic E-state index is 0.0534. The Morgan fingerprint density at radius 3 is 2.54 bits per heavy atom. The lowest BCUT2D eigenvalue weighted by atomic mass is 10.3. The fourth-order valence-electron chi connectivity index (χ4n) is 2.45. The summed E-state index contributed by atoms with van der Waals surface area (Å²) >= 11 is 1.38. The van der Waals surface area contributed by atoms with E-state index >= 15 is 0 Å². The van der Waals surface area contributed by atoms with Gasteiger partial charge >= 0.3 is 0 Å². The van der Waals surface area contributed by atoms with Gasteiger partial charge in [0.25, 0.3) is 0 Å². The number of sulfone groups is 1. The van der Waals surface area contributed by atoms with Gasteiger partial charge in [-0.05, 0) is 48.6 Å². The van der Waals surface area contributed by atoms with E-state index in [2.05, 4.69) is 5.32 Å². The predicted octanol–water partition coefficient (Wildman–Crippen LogP) is 2.80. The summed E-state index contributed by atoms with van der Waals surface area (Å²) in [7, 11) is -2.08. The number of ether oxygens (including phenoxy) is 1. The molecular formula is C17H19NO4S2. The molecule has 5 nitrogen and oxygen atoms in total. The summed E-state index contributed by atoms with van der Waals surface area (Å²) in [4.78, 5) is 12.9. The second-order valence-corrected chi connectivity index (χ2v) is 8.85. The summed E-state index contributed by atoms with van der Waals surface area (Å²) in [6.45, 7) is 0.0875. The monoisotopic (exact) mass is 365 g/mol. The highest BCUT2D eigenvalue weighted by molar-refractivity contribution is 7.91. The Morgan fingerprint density at radius 2 is 2.00 bits per heavy atom. The van der Waals surface area contributed by atoms with E-state index in [-0.39, 0.29) is 23.3 Å². The molecule has 7 heteroatoms. The SMILES string of the molecule is COc1ccc(S(=O)(=O)[C@@H](CNC(=O)C2CC2)c2cccs2)cc1. The second-order valence-electron chi connectivity index (χ2n) is 5.74. The molecule has 1 aliphatic rings. The molecule has 2 aromatic rings. The predicted molar refractivity (Wildman–Crippen MR) is 93.0 cm³/mol. The molecule has 1 aliphatic carbocycles. The molecule has 1 aromatic carbocycles. The van der Waals surface area contributed by atoms with Crippen molar-refractivity contribution in [3.05, 3.63) is 46.7 Å². The first-order valence-electron chi connectivity index (χ1n) is 7.71. The lowest BCUT2D eigenvalue weighted by molar-refractivity contribution is -0.122. The van der Waals surface area contributed by atoms with Crippen molar-refractivity contribution in [3.63, 3.8) is 0 Å². The Labute approximate surface area is 145 Å². The molecule has 0 unspecified atom stereocenters. The Balaban J connectivity index is 1.86. The third kappa shape index (κ3) is 3.62. The van der Waals surface area contributed by atoms with Gasteiger partial charge < -0.3 is 10.1 Å². The number of carbonyl (C=O) groups is 1. The Kier molecular flexibility index (Phi) is 4.91. The van der Waals surface area contributed by atoms with Crippen LogP contribution in [0.1, 0.15) is 23.0 Å². The van der Waals surface area contributed by atoms with Crippen LogP contribution in [0, 0.1) is 5.92 Å². The standard InChI is InChI=1S/C17H19NO4S2/c1-22-13-6-8-14(9-7-13)24(20,21)16(15-3-2-10-23-15)11-18-17(19)12-4-5-12/h2-3,6-10,12,16H,4-5,11H2,1H3,(H,18,19)/t16-/m0/s1. The molecule has 3 rings (SSSR count). The van der Waals surface area contributed by atoms with Gasteiger partial charge in [-0.15, -0.1) is 11.3 Å². The molecule has 0 radical (unpaired) electrons. The van der Waals surface area contributed by atoms with Gasteiger partial charge in [-0.25, -0.2) is 8.42 Å². The van der Waals surface area contributed by atoms with Crippen molar-refractivity contribution in [2.45, 2.75) is 23.0 Å². The average molecular weight is 365 g/mol. The van der Waals surface area contributed by atoms with Gasteiger partial charge in [-0.1, -0.05) is 6.07 Å². The summed E-state index contributed by atoms with van der Waals surface area (Å²) in [5.41, 5.74) is 0. The largest absolute Gasteiger partial charge is 0.497 e. The number of nitrogens with one attached hydrogen (secondary N) is 1. The maximum atomic E-state index is 13.0. The van der Waals surface area contributed by atoms with Crippen LogP contribution in [-0.4, -0.2) is 28.0 Å². The van der Waals surface area contributed by atoms with Crippen LogP contribution >= 0.6 is 11.3 Å². The summed E-state index contributed by atoms with van der Waals surface area (Å²) < 4.78 is 31.2. The molecule has 1 aromatic heterocycles. The van der Waals surface area contributed by atoms with E-state index in [1.165, 1.54) is 30.6 Å². The Hall–Kier alpha value is -1.86. The smallest absolute Gasteiger partial charge is 0.223 e. The van der Waals surface area contributed by atoms with Crippen LogP contribution < -0.4 is 10.1 Å². The van der Waals surface area contributed by atoms with E-state index in [9.17, 15) is 13.2 Å². The third-order valence-corrected chi connectivity index (χ3v) is 7.27. The first-order chi connectivity index (χ1) is 11.5. The van der Waals surface area contributed by atoms with E-state index in [1.54, 1.807) is 18.2 Å². The first kappa shape index (κ1) is 17.0. The molecule has 0 spiro atoms. The lowest BCUT2D eigenvalue weighted by Gasteiger charge is -2.17. The van der Waals surface area contributed by atoms with Gasteiger partial charge in [0.1, 0.15) is 11.0 Å². The van der Waals surface area contributed by atoms with E-state index < -0.39 is 15.1 Å². The van der Waals surface area contributed by atoms with Gasteiger partial charge in [-0.2, -0.15) is 0 Å². The quantitative estimate of drug-likeness (QED) is 0.819. The van der Waals surface area contributed by atoms with Crippen molar-refractivity contribution in [1.29, 1.82) is 0 Å². The number of hydrogen-bond donors (Lipinski definition) is 1. The zero-order chi connectivity index (χ0) is 17.2. The zero-order valence-corrected chi connectivity index (χ0v) is 14.9. The molecule has 0 aliphatic heterocycles. The lowest BCUT2D eigenvalue weighted by Crippen LogP contribution is -2.32. The van der Waals surface area contributed by atoms with E-state index in [4.69, 9.17) is 4.74 Å². The van der Waals surface area contributed by atoms with Crippen molar-refractivity contribution in [2.24, 2.45) is 5.92 Å². The third-order valence-electron chi connectivity index (χ3n) is 4.03. The van der Waals surface area contributed by atoms with E-state index in [1.807, 2.05) is 11.4 Å². The molecule has 0 saturated heterocycles. The zero-order valence-electron chi connectivity index (χ0n) is 13.3. The summed E-state index contributed by atoms with van der Waals surface area (Å²) in [6, 6.07) is 9.94. The van der Waals surface area contributed by atoms with Gasteiger partial charge in [0.2, 0.25) is 5.91 Å². The number of methoxy groups -OCH3 is 1. The van der Waals surface area contributed by atoms with Crippen LogP contribution in [-0.2, 0) is 14.6 Å². The number of thiophene rings is 1. The molecule has 1 N–H and O–H groups in total. The van der Waals surface area contributed by atoms with Crippen molar-refractivity contribution < 1.29 is 17.9 Å². The topological polar surface area (TPSA) is 72.5 Å². The van der Waals surface area contributed by atoms with Crippen molar-refractivity contribution >= 4 is 27.1 Å². The molecule has 1 heterocycles. The normalized spacial score (nSPS) is 15.7. The second kappa shape index (κ2) is 6.94. The summed E-state index contributed by atoms with van der Waals surface area (Å²) in [5.74, 6) is 0.600. The van der Waals surface area contributed by atoms with Gasteiger partial charge in [0.05, 0.1) is 12.0 Å². The minimum atomic E-state index is -3.61. The number of benzene rings is 1. The van der Waals surface area contributed by atoms with Crippen LogP contribution in [0.2, 0.25) is 0 Å². The van der Waals surface area contributed by atoms with E-state index in [0.29, 0.717) is 5.75 Å². The Bertz CT molecular complexity index is 794. The highest BCUT2D eigenvalue weighted by atomic mass is 32.2. The highest BCUT2D eigenvalue weighted by Gasteiger charge is 2.33. The maximum Gasteiger partial charge on any atom is 0.223 e. The molecule has 1 saturated carbocycles. The van der Waals surface area contributed by atoms with Crippen LogP contribution in [0.4, 0.5) is 0 Å². The highest BCUT2D eigenvalue weighted by Crippen LogP contribution is 2.33. The van der Waals surface area contributed by atoms with Gasteiger partial charge in [0, 0.05) is 17.3 Å². The maximum absolute atomic E-state index is 13.0. The van der Waals surface area contributed by atoms with Crippen LogP contribution in [0.15, 0.2) is 46.7 Å². The fraction of sp³-hybridized carbons (Fsp3) is 0.353. The number of hydrogen-bond acceptors (Lipinski definition) is 5. The molecule has 1 atom stereocenters. The summed E-state index contributed by atoms with van der Waals surface area (Å²) in [6.07, 6.45) is 1.78. The number of rotatable bonds is 7. The molecular weight excluding hydrogens is 346 g/mol. The number of amides is 1. The van der Waals surface area contributed by atoms with Crippen molar-refractivity contribution in [1.82, 2.24) is 5.32 Å². The van der Waals surface area contributed by atoms with Crippen molar-refractivity contribution in [3.8, 4) is 5.75 Å². The van der Waals surface area contributed by atoms with Gasteiger partial charge in [0.15, 0.2) is 9.84 Å². The molecule has 128 valence electrons. The van der Waals surface area contributed by atoms with Crippen LogP contribution in [0.3, 0.4) is 0 Å². The Morgan fingerprint density at radius 1 is 1.29 bits per heavy atom. The first-order valence-corrected chi connectivity index (χ1v) is 10.1. The van der Waals surface area contributed by atoms with Crippen LogP contribution in [0.25, 0.3) is 0 Å². The number of carbonyl (C=O) groups excluding carboxylic acids is 1. The fourth-order valence-corrected chi connectivity index (χ4v) is 5.23. The van der Waals surface area contributed by atoms with E-state index in [0.717, 1.165) is 17.7 Å². The molecule has 1 amide bonds.